The molecule has 0 aromatic heterocycles. The first-order valence-corrected chi connectivity index (χ1v) is 7.19. The van der Waals surface area contributed by atoms with Crippen LogP contribution in [0.15, 0.2) is 54.6 Å². The predicted octanol–water partition coefficient (Wildman–Crippen LogP) is 4.83. The minimum Gasteiger partial charge on any atom is -0.508 e. The summed E-state index contributed by atoms with van der Waals surface area (Å²) in [4.78, 5) is 0. The highest BCUT2D eigenvalue weighted by Crippen LogP contribution is 2.46. The molecule has 1 heteroatoms. The minimum atomic E-state index is 0.454. The highest BCUT2D eigenvalue weighted by molar-refractivity contribution is 5.38. The Labute approximate surface area is 114 Å². The lowest BCUT2D eigenvalue weighted by Crippen LogP contribution is -2.16. The molecular formula is C18H20O. The Morgan fingerprint density at radius 1 is 0.737 bits per heavy atom. The molecule has 0 saturated heterocycles. The van der Waals surface area contributed by atoms with Gasteiger partial charge in [-0.1, -0.05) is 61.4 Å². The minimum absolute atomic E-state index is 0.454. The Hall–Kier alpha value is -1.76. The average molecular weight is 252 g/mol. The van der Waals surface area contributed by atoms with Crippen LogP contribution in [0.5, 0.6) is 5.75 Å². The molecule has 1 N–H and O–H groups in total. The van der Waals surface area contributed by atoms with Crippen LogP contribution in [0.4, 0.5) is 0 Å². The number of hydrogen-bond donors (Lipinski definition) is 1. The molecule has 1 aliphatic carbocycles. The summed E-state index contributed by atoms with van der Waals surface area (Å²) in [6.45, 7) is 0. The van der Waals surface area contributed by atoms with Crippen LogP contribution in [0.2, 0.25) is 0 Å². The van der Waals surface area contributed by atoms with E-state index in [-0.39, 0.29) is 0 Å². The van der Waals surface area contributed by atoms with Gasteiger partial charge in [0.05, 0.1) is 0 Å². The summed E-state index contributed by atoms with van der Waals surface area (Å²) in [5.74, 6) is 1.45. The van der Waals surface area contributed by atoms with Crippen LogP contribution in [0, 0.1) is 0 Å². The van der Waals surface area contributed by atoms with E-state index in [2.05, 4.69) is 36.4 Å². The molecule has 0 aliphatic heterocycles. The molecule has 1 aliphatic rings. The summed E-state index contributed by atoms with van der Waals surface area (Å²) >= 11 is 0. The summed E-state index contributed by atoms with van der Waals surface area (Å²) in [7, 11) is 0. The first-order chi connectivity index (χ1) is 9.36. The Balaban J connectivity index is 1.96. The first-order valence-electron chi connectivity index (χ1n) is 7.19. The van der Waals surface area contributed by atoms with E-state index in [1.807, 2.05) is 18.2 Å². The third-order valence-corrected chi connectivity index (χ3v) is 4.33. The fraction of sp³-hybridized carbons (Fsp3) is 0.333. The summed E-state index contributed by atoms with van der Waals surface area (Å²) in [6.07, 6.45) is 4.96. The van der Waals surface area contributed by atoms with Gasteiger partial charge in [0.25, 0.3) is 0 Å². The van der Waals surface area contributed by atoms with Gasteiger partial charge >= 0.3 is 0 Å². The van der Waals surface area contributed by atoms with Crippen molar-refractivity contribution in [3.05, 3.63) is 65.7 Å². The Kier molecular flexibility index (Phi) is 3.54. The monoisotopic (exact) mass is 252 g/mol. The van der Waals surface area contributed by atoms with Gasteiger partial charge in [0.1, 0.15) is 5.75 Å². The van der Waals surface area contributed by atoms with E-state index in [1.165, 1.54) is 31.2 Å². The molecule has 1 nitrogen and oxygen atoms in total. The number of aromatic hydroxyl groups is 1. The van der Waals surface area contributed by atoms with E-state index in [1.54, 1.807) is 0 Å². The van der Waals surface area contributed by atoms with Crippen molar-refractivity contribution >= 4 is 0 Å². The van der Waals surface area contributed by atoms with Gasteiger partial charge in [0.15, 0.2) is 0 Å². The van der Waals surface area contributed by atoms with E-state index < -0.39 is 0 Å². The molecule has 3 rings (SSSR count). The Morgan fingerprint density at radius 2 is 1.37 bits per heavy atom. The highest BCUT2D eigenvalue weighted by Gasteiger charge is 2.29. The molecule has 0 bridgehead atoms. The summed E-state index contributed by atoms with van der Waals surface area (Å²) in [5, 5.41) is 10.1. The van der Waals surface area contributed by atoms with Crippen LogP contribution in [0.1, 0.15) is 48.6 Å². The predicted molar refractivity (Wildman–Crippen MR) is 78.5 cm³/mol. The number of benzene rings is 2. The van der Waals surface area contributed by atoms with Gasteiger partial charge in [0.2, 0.25) is 0 Å². The van der Waals surface area contributed by atoms with Crippen molar-refractivity contribution in [3.8, 4) is 5.75 Å². The third kappa shape index (κ3) is 2.51. The van der Waals surface area contributed by atoms with Gasteiger partial charge < -0.3 is 5.11 Å². The molecule has 0 spiro atoms. The number of para-hydroxylation sites is 1. The molecule has 0 unspecified atom stereocenters. The third-order valence-electron chi connectivity index (χ3n) is 4.33. The molecule has 1 fully saturated rings. The van der Waals surface area contributed by atoms with Gasteiger partial charge in [-0.15, -0.1) is 0 Å². The lowest BCUT2D eigenvalue weighted by molar-refractivity contribution is 0.371. The van der Waals surface area contributed by atoms with Crippen molar-refractivity contribution in [2.75, 3.05) is 0 Å². The molecule has 0 radical (unpaired) electrons. The van der Waals surface area contributed by atoms with Crippen LogP contribution in [-0.2, 0) is 0 Å². The molecule has 19 heavy (non-hydrogen) atoms. The van der Waals surface area contributed by atoms with Crippen LogP contribution < -0.4 is 0 Å². The van der Waals surface area contributed by atoms with E-state index in [4.69, 9.17) is 0 Å². The summed E-state index contributed by atoms with van der Waals surface area (Å²) in [5.41, 5.74) is 2.53. The van der Waals surface area contributed by atoms with E-state index >= 15 is 0 Å². The molecule has 2 aromatic carbocycles. The fourth-order valence-electron chi connectivity index (χ4n) is 3.40. The second-order valence-corrected chi connectivity index (χ2v) is 5.47. The van der Waals surface area contributed by atoms with Crippen LogP contribution >= 0.6 is 0 Å². The molecule has 0 amide bonds. The molecule has 98 valence electrons. The Morgan fingerprint density at radius 3 is 2.11 bits per heavy atom. The van der Waals surface area contributed by atoms with Crippen LogP contribution in [0.25, 0.3) is 0 Å². The topological polar surface area (TPSA) is 20.2 Å². The molecule has 1 saturated carbocycles. The van der Waals surface area contributed by atoms with Crippen molar-refractivity contribution in [1.82, 2.24) is 0 Å². The van der Waals surface area contributed by atoms with Crippen molar-refractivity contribution < 1.29 is 5.11 Å². The van der Waals surface area contributed by atoms with E-state index in [9.17, 15) is 5.11 Å². The average Bonchev–Trinajstić information content (AvgIpc) is 2.49. The maximum absolute atomic E-state index is 10.1. The van der Waals surface area contributed by atoms with Crippen molar-refractivity contribution in [1.29, 1.82) is 0 Å². The van der Waals surface area contributed by atoms with Gasteiger partial charge in [-0.2, -0.15) is 0 Å². The lowest BCUT2D eigenvalue weighted by Gasteiger charge is -2.32. The maximum Gasteiger partial charge on any atom is 0.119 e. The lowest BCUT2D eigenvalue weighted by atomic mass is 9.72. The van der Waals surface area contributed by atoms with E-state index in [0.29, 0.717) is 17.6 Å². The molecular weight excluding hydrogens is 232 g/mol. The van der Waals surface area contributed by atoms with Crippen LogP contribution in [0.3, 0.4) is 0 Å². The van der Waals surface area contributed by atoms with Gasteiger partial charge in [-0.25, -0.2) is 0 Å². The molecule has 2 aromatic rings. The smallest absolute Gasteiger partial charge is 0.119 e. The zero-order valence-corrected chi connectivity index (χ0v) is 11.1. The maximum atomic E-state index is 10.1. The van der Waals surface area contributed by atoms with Crippen molar-refractivity contribution in [2.45, 2.75) is 37.5 Å². The Bertz CT molecular complexity index is 532. The van der Waals surface area contributed by atoms with Crippen LogP contribution in [-0.4, -0.2) is 5.11 Å². The number of phenolic OH excluding ortho intramolecular Hbond substituents is 1. The molecule has 2 atom stereocenters. The largest absolute Gasteiger partial charge is 0.508 e. The second-order valence-electron chi connectivity index (χ2n) is 5.47. The highest BCUT2D eigenvalue weighted by atomic mass is 16.3. The zero-order valence-electron chi connectivity index (χ0n) is 11.1. The first kappa shape index (κ1) is 12.3. The van der Waals surface area contributed by atoms with Gasteiger partial charge in [0, 0.05) is 0 Å². The second kappa shape index (κ2) is 5.48. The normalized spacial score (nSPS) is 23.2. The van der Waals surface area contributed by atoms with E-state index in [0.717, 1.165) is 5.56 Å². The zero-order chi connectivity index (χ0) is 13.1. The number of rotatable bonds is 2. The summed E-state index contributed by atoms with van der Waals surface area (Å²) in [6, 6.07) is 18.6. The van der Waals surface area contributed by atoms with Crippen molar-refractivity contribution in [2.24, 2.45) is 0 Å². The SMILES string of the molecule is Oc1ccccc1[C@@H]1CCCC[C@H]1c1ccccc1. The number of phenols is 1. The van der Waals surface area contributed by atoms with Crippen molar-refractivity contribution in [3.63, 3.8) is 0 Å². The fourth-order valence-corrected chi connectivity index (χ4v) is 3.40. The quantitative estimate of drug-likeness (QED) is 0.811. The molecule has 0 heterocycles. The summed E-state index contributed by atoms with van der Waals surface area (Å²) < 4.78 is 0. The number of hydrogen-bond acceptors (Lipinski definition) is 1. The van der Waals surface area contributed by atoms with Gasteiger partial charge in [-0.05, 0) is 41.9 Å². The van der Waals surface area contributed by atoms with Gasteiger partial charge in [-0.3, -0.25) is 0 Å². The standard InChI is InChI=1S/C18H20O/c19-18-13-7-6-12-17(18)16-11-5-4-10-15(16)14-8-2-1-3-9-14/h1-3,6-9,12-13,15-16,19H,4-5,10-11H2/t15-,16+/m0/s1.